The molecule has 180 valence electrons. The quantitative estimate of drug-likeness (QED) is 0.316. The third kappa shape index (κ3) is 6.18. The molecule has 0 aliphatic rings. The number of sulfonamides is 1. The number of halogens is 1. The standard InChI is InChI=1S/C26H28BrNO5S/c1-4-6-20-9-16-25(24(27)17-20)33-18-26(29)28(21-10-12-22(13-11-21)32-5-2)34(30,31)23-14-7-19(3)8-15-23/h7-17H,4-6,18H2,1-3H3. The van der Waals surface area contributed by atoms with Crippen molar-refractivity contribution in [2.75, 3.05) is 17.5 Å². The number of rotatable bonds is 10. The predicted molar refractivity (Wildman–Crippen MR) is 137 cm³/mol. The highest BCUT2D eigenvalue weighted by molar-refractivity contribution is 9.10. The van der Waals surface area contributed by atoms with Crippen molar-refractivity contribution in [2.24, 2.45) is 0 Å². The maximum atomic E-state index is 13.5. The number of nitrogens with zero attached hydrogens (tertiary/aromatic N) is 1. The van der Waals surface area contributed by atoms with Crippen molar-refractivity contribution in [2.45, 2.75) is 38.5 Å². The van der Waals surface area contributed by atoms with Crippen LogP contribution >= 0.6 is 15.9 Å². The Morgan fingerprint density at radius 3 is 2.21 bits per heavy atom. The van der Waals surface area contributed by atoms with E-state index in [1.165, 1.54) is 12.1 Å². The molecule has 1 amide bonds. The SMILES string of the molecule is CCCc1ccc(OCC(=O)N(c2ccc(OCC)cc2)S(=O)(=O)c2ccc(C)cc2)c(Br)c1. The maximum absolute atomic E-state index is 13.5. The highest BCUT2D eigenvalue weighted by atomic mass is 79.9. The Morgan fingerprint density at radius 2 is 1.62 bits per heavy atom. The van der Waals surface area contributed by atoms with Crippen molar-refractivity contribution in [3.8, 4) is 11.5 Å². The number of hydrogen-bond acceptors (Lipinski definition) is 5. The van der Waals surface area contributed by atoms with E-state index in [0.717, 1.165) is 28.3 Å². The Bertz CT molecular complexity index is 1230. The smallest absolute Gasteiger partial charge is 0.278 e. The number of aryl methyl sites for hydroxylation is 2. The second-order valence-electron chi connectivity index (χ2n) is 7.71. The molecule has 0 heterocycles. The third-order valence-electron chi connectivity index (χ3n) is 5.05. The van der Waals surface area contributed by atoms with Gasteiger partial charge in [0.1, 0.15) is 11.5 Å². The van der Waals surface area contributed by atoms with Crippen LogP contribution in [0, 0.1) is 6.92 Å². The zero-order chi connectivity index (χ0) is 24.7. The van der Waals surface area contributed by atoms with Gasteiger partial charge in [-0.25, -0.2) is 8.42 Å². The van der Waals surface area contributed by atoms with E-state index in [2.05, 4.69) is 22.9 Å². The lowest BCUT2D eigenvalue weighted by molar-refractivity contribution is -0.119. The maximum Gasteiger partial charge on any atom is 0.278 e. The van der Waals surface area contributed by atoms with Crippen LogP contribution in [0.1, 0.15) is 31.4 Å². The van der Waals surface area contributed by atoms with Gasteiger partial charge in [0.25, 0.3) is 15.9 Å². The fraction of sp³-hybridized carbons (Fsp3) is 0.269. The number of ether oxygens (including phenoxy) is 2. The molecule has 8 heteroatoms. The zero-order valence-electron chi connectivity index (χ0n) is 19.5. The van der Waals surface area contributed by atoms with Crippen molar-refractivity contribution in [3.63, 3.8) is 0 Å². The fourth-order valence-corrected chi connectivity index (χ4v) is 5.33. The van der Waals surface area contributed by atoms with E-state index in [-0.39, 0.29) is 10.6 Å². The molecule has 0 aromatic heterocycles. The van der Waals surface area contributed by atoms with Crippen molar-refractivity contribution in [3.05, 3.63) is 82.3 Å². The topological polar surface area (TPSA) is 72.9 Å². The molecule has 0 unspecified atom stereocenters. The van der Waals surface area contributed by atoms with Crippen LogP contribution in [0.5, 0.6) is 11.5 Å². The normalized spacial score (nSPS) is 11.2. The van der Waals surface area contributed by atoms with Crippen LogP contribution in [0.4, 0.5) is 5.69 Å². The average molecular weight is 546 g/mol. The number of carbonyl (C=O) groups excluding carboxylic acids is 1. The van der Waals surface area contributed by atoms with Crippen LogP contribution in [0.3, 0.4) is 0 Å². The first kappa shape index (κ1) is 25.8. The Balaban J connectivity index is 1.91. The van der Waals surface area contributed by atoms with E-state index >= 15 is 0 Å². The van der Waals surface area contributed by atoms with Gasteiger partial charge in [-0.2, -0.15) is 4.31 Å². The monoisotopic (exact) mass is 545 g/mol. The van der Waals surface area contributed by atoms with Crippen molar-refractivity contribution >= 4 is 37.5 Å². The van der Waals surface area contributed by atoms with Gasteiger partial charge < -0.3 is 9.47 Å². The molecule has 0 spiro atoms. The second kappa shape index (κ2) is 11.5. The summed E-state index contributed by atoms with van der Waals surface area (Å²) >= 11 is 3.47. The second-order valence-corrected chi connectivity index (χ2v) is 10.3. The van der Waals surface area contributed by atoms with E-state index < -0.39 is 22.5 Å². The van der Waals surface area contributed by atoms with Crippen molar-refractivity contribution in [1.29, 1.82) is 0 Å². The molecular weight excluding hydrogens is 518 g/mol. The summed E-state index contributed by atoms with van der Waals surface area (Å²) in [7, 11) is -4.17. The lowest BCUT2D eigenvalue weighted by Gasteiger charge is -2.23. The molecule has 3 aromatic carbocycles. The van der Waals surface area contributed by atoms with Gasteiger partial charge in [0, 0.05) is 0 Å². The zero-order valence-corrected chi connectivity index (χ0v) is 21.9. The molecule has 0 radical (unpaired) electrons. The minimum Gasteiger partial charge on any atom is -0.494 e. The molecule has 0 aliphatic carbocycles. The van der Waals surface area contributed by atoms with Crippen LogP contribution in [-0.2, 0) is 21.2 Å². The number of benzene rings is 3. The van der Waals surface area contributed by atoms with E-state index in [0.29, 0.717) is 22.6 Å². The molecule has 6 nitrogen and oxygen atoms in total. The molecule has 34 heavy (non-hydrogen) atoms. The molecule has 0 atom stereocenters. The Labute approximate surface area is 209 Å². The van der Waals surface area contributed by atoms with Crippen LogP contribution in [0.2, 0.25) is 0 Å². The summed E-state index contributed by atoms with van der Waals surface area (Å²) < 4.78 is 39.7. The average Bonchev–Trinajstić information content (AvgIpc) is 2.80. The minimum absolute atomic E-state index is 0.0189. The molecule has 3 aromatic rings. The fourth-order valence-electron chi connectivity index (χ4n) is 3.38. The molecule has 0 aliphatic heterocycles. The molecule has 0 N–H and O–H groups in total. The lowest BCUT2D eigenvalue weighted by atomic mass is 10.1. The molecular formula is C26H28BrNO5S. The van der Waals surface area contributed by atoms with Crippen LogP contribution < -0.4 is 13.8 Å². The van der Waals surface area contributed by atoms with E-state index in [9.17, 15) is 13.2 Å². The highest BCUT2D eigenvalue weighted by Gasteiger charge is 2.31. The number of carbonyl (C=O) groups is 1. The summed E-state index contributed by atoms with van der Waals surface area (Å²) in [6, 6.07) is 18.4. The van der Waals surface area contributed by atoms with Crippen LogP contribution in [0.25, 0.3) is 0 Å². The Kier molecular flexibility index (Phi) is 8.74. The van der Waals surface area contributed by atoms with Gasteiger partial charge >= 0.3 is 0 Å². The molecule has 0 fully saturated rings. The lowest BCUT2D eigenvalue weighted by Crippen LogP contribution is -2.40. The van der Waals surface area contributed by atoms with E-state index in [1.54, 1.807) is 42.5 Å². The first-order valence-corrected chi connectivity index (χ1v) is 13.3. The third-order valence-corrected chi connectivity index (χ3v) is 7.44. The molecule has 0 bridgehead atoms. The minimum atomic E-state index is -4.17. The molecule has 0 saturated carbocycles. The van der Waals surface area contributed by atoms with Gasteiger partial charge in [0.05, 0.1) is 21.7 Å². The highest BCUT2D eigenvalue weighted by Crippen LogP contribution is 2.29. The first-order chi connectivity index (χ1) is 16.3. The summed E-state index contributed by atoms with van der Waals surface area (Å²) in [5.41, 5.74) is 2.26. The Morgan fingerprint density at radius 1 is 0.941 bits per heavy atom. The van der Waals surface area contributed by atoms with Crippen LogP contribution in [0.15, 0.2) is 76.1 Å². The van der Waals surface area contributed by atoms with Gasteiger partial charge in [-0.05, 0) is 90.3 Å². The van der Waals surface area contributed by atoms with E-state index in [1.807, 2.05) is 26.0 Å². The van der Waals surface area contributed by atoms with Crippen LogP contribution in [-0.4, -0.2) is 27.5 Å². The van der Waals surface area contributed by atoms with E-state index in [4.69, 9.17) is 9.47 Å². The molecule has 3 rings (SSSR count). The van der Waals surface area contributed by atoms with Crippen molar-refractivity contribution in [1.82, 2.24) is 0 Å². The van der Waals surface area contributed by atoms with Gasteiger partial charge in [0.15, 0.2) is 6.61 Å². The number of hydrogen-bond donors (Lipinski definition) is 0. The summed E-state index contributed by atoms with van der Waals surface area (Å²) in [6.07, 6.45) is 1.94. The first-order valence-electron chi connectivity index (χ1n) is 11.0. The van der Waals surface area contributed by atoms with Gasteiger partial charge in [0.2, 0.25) is 0 Å². The van der Waals surface area contributed by atoms with Gasteiger partial charge in [-0.3, -0.25) is 4.79 Å². The summed E-state index contributed by atoms with van der Waals surface area (Å²) in [6.45, 7) is 5.84. The van der Waals surface area contributed by atoms with Gasteiger partial charge in [-0.1, -0.05) is 37.1 Å². The summed E-state index contributed by atoms with van der Waals surface area (Å²) in [5, 5.41) is 0. The van der Waals surface area contributed by atoms with Gasteiger partial charge in [-0.15, -0.1) is 0 Å². The largest absolute Gasteiger partial charge is 0.494 e. The van der Waals surface area contributed by atoms with Crippen molar-refractivity contribution < 1.29 is 22.7 Å². The number of anilines is 1. The Hall–Kier alpha value is -2.84. The summed E-state index contributed by atoms with van der Waals surface area (Å²) in [5.74, 6) is 0.334. The molecule has 0 saturated heterocycles. The number of amides is 1. The predicted octanol–water partition coefficient (Wildman–Crippen LogP) is 5.91. The summed E-state index contributed by atoms with van der Waals surface area (Å²) in [4.78, 5) is 13.3.